The van der Waals surface area contributed by atoms with E-state index in [1.807, 2.05) is 31.2 Å². The quantitative estimate of drug-likeness (QED) is 0.537. The van der Waals surface area contributed by atoms with E-state index in [1.165, 1.54) is 16.8 Å². The van der Waals surface area contributed by atoms with Crippen molar-refractivity contribution in [1.82, 2.24) is 4.98 Å². The number of aromatic nitrogens is 1. The third kappa shape index (κ3) is 5.42. The van der Waals surface area contributed by atoms with Crippen LogP contribution in [0.4, 0.5) is 5.69 Å². The highest BCUT2D eigenvalue weighted by atomic mass is 16.4. The number of nitrogens with one attached hydrogen (secondary N) is 1. The van der Waals surface area contributed by atoms with Crippen LogP contribution in [0.1, 0.15) is 49.6 Å². The minimum absolute atomic E-state index is 0.0248. The average Bonchev–Trinajstić information content (AvgIpc) is 2.68. The van der Waals surface area contributed by atoms with Crippen molar-refractivity contribution in [3.05, 3.63) is 58.8 Å². The number of fused-ring (bicyclic) bond motifs is 2. The van der Waals surface area contributed by atoms with E-state index in [0.29, 0.717) is 0 Å². The molecule has 5 nitrogen and oxygen atoms in total. The highest BCUT2D eigenvalue weighted by Gasteiger charge is 2.21. The highest BCUT2D eigenvalue weighted by Crippen LogP contribution is 2.39. The summed E-state index contributed by atoms with van der Waals surface area (Å²) in [6.45, 7) is 10.2. The lowest BCUT2D eigenvalue weighted by molar-refractivity contribution is -0.136. The zero-order chi connectivity index (χ0) is 22.8. The summed E-state index contributed by atoms with van der Waals surface area (Å²) in [5.41, 5.74) is 7.81. The van der Waals surface area contributed by atoms with Gasteiger partial charge in [0.2, 0.25) is 0 Å². The molecule has 0 saturated heterocycles. The second kappa shape index (κ2) is 9.06. The van der Waals surface area contributed by atoms with Gasteiger partial charge in [-0.3, -0.25) is 9.78 Å². The lowest BCUT2D eigenvalue weighted by Crippen LogP contribution is -2.14. The van der Waals surface area contributed by atoms with Crippen molar-refractivity contribution >= 4 is 22.6 Å². The van der Waals surface area contributed by atoms with Gasteiger partial charge in [-0.2, -0.15) is 0 Å². The molecule has 0 saturated carbocycles. The van der Waals surface area contributed by atoms with Crippen LogP contribution in [0.15, 0.2) is 36.4 Å². The van der Waals surface area contributed by atoms with Gasteiger partial charge >= 0.3 is 5.97 Å². The van der Waals surface area contributed by atoms with Crippen molar-refractivity contribution in [3.63, 3.8) is 0 Å². The van der Waals surface area contributed by atoms with Gasteiger partial charge in [-0.05, 0) is 81.3 Å². The Hall–Kier alpha value is -2.92. The Morgan fingerprint density at radius 2 is 1.81 bits per heavy atom. The number of pyridine rings is 1. The van der Waals surface area contributed by atoms with Crippen LogP contribution >= 0.6 is 0 Å². The molecule has 1 aromatic heterocycles. The molecule has 3 N–H and O–H groups in total. The second-order valence-electron chi connectivity index (χ2n) is 9.11. The first kappa shape index (κ1) is 22.8. The fourth-order valence-corrected chi connectivity index (χ4v) is 4.03. The Labute approximate surface area is 184 Å². The zero-order valence-corrected chi connectivity index (χ0v) is 19.0. The van der Waals surface area contributed by atoms with Crippen molar-refractivity contribution in [2.45, 2.75) is 59.5 Å². The first-order chi connectivity index (χ1) is 14.6. The van der Waals surface area contributed by atoms with Gasteiger partial charge in [0.1, 0.15) is 0 Å². The summed E-state index contributed by atoms with van der Waals surface area (Å²) in [7, 11) is 0. The molecule has 0 fully saturated rings. The van der Waals surface area contributed by atoms with Crippen LogP contribution in [0, 0.1) is 13.8 Å². The molecular formula is C26H32N2O3. The van der Waals surface area contributed by atoms with E-state index >= 15 is 0 Å². The van der Waals surface area contributed by atoms with Crippen LogP contribution in [0.5, 0.6) is 0 Å². The third-order valence-electron chi connectivity index (χ3n) is 5.27. The minimum atomic E-state index is -0.833. The molecule has 0 amide bonds. The lowest BCUT2D eigenvalue weighted by atomic mass is 9.87. The number of benzene rings is 2. The number of carboxylic acids is 1. The van der Waals surface area contributed by atoms with Crippen LogP contribution in [-0.2, 0) is 17.6 Å². The molecule has 1 aliphatic rings. The van der Waals surface area contributed by atoms with Gasteiger partial charge in [-0.25, -0.2) is 0 Å². The Bertz CT molecular complexity index is 1110. The van der Waals surface area contributed by atoms with Crippen molar-refractivity contribution in [2.24, 2.45) is 0 Å². The van der Waals surface area contributed by atoms with E-state index in [2.05, 4.69) is 29.4 Å². The van der Waals surface area contributed by atoms with Gasteiger partial charge in [-0.1, -0.05) is 30.3 Å². The fraction of sp³-hybridized carbons (Fsp3) is 0.385. The second-order valence-corrected chi connectivity index (χ2v) is 9.11. The van der Waals surface area contributed by atoms with Gasteiger partial charge < -0.3 is 15.5 Å². The molecule has 0 spiro atoms. The van der Waals surface area contributed by atoms with Crippen molar-refractivity contribution in [1.29, 1.82) is 0 Å². The van der Waals surface area contributed by atoms with E-state index in [1.54, 1.807) is 20.8 Å². The van der Waals surface area contributed by atoms with Crippen molar-refractivity contribution in [2.75, 3.05) is 11.9 Å². The topological polar surface area (TPSA) is 82.5 Å². The summed E-state index contributed by atoms with van der Waals surface area (Å²) in [5, 5.41) is 22.5. The van der Waals surface area contributed by atoms with Crippen LogP contribution in [0.25, 0.3) is 22.0 Å². The number of anilines is 1. The smallest absolute Gasteiger partial charge is 0.307 e. The molecule has 0 atom stereocenters. The normalized spacial score (nSPS) is 13.1. The summed E-state index contributed by atoms with van der Waals surface area (Å²) in [6.07, 6.45) is 2.21. The minimum Gasteiger partial charge on any atom is -0.481 e. The van der Waals surface area contributed by atoms with Gasteiger partial charge in [0.25, 0.3) is 0 Å². The molecular weight excluding hydrogens is 388 g/mol. The van der Waals surface area contributed by atoms with E-state index in [9.17, 15) is 9.90 Å². The van der Waals surface area contributed by atoms with Gasteiger partial charge in [0.05, 0.1) is 17.5 Å². The number of carbonyl (C=O) groups is 1. The number of rotatable bonds is 3. The summed E-state index contributed by atoms with van der Waals surface area (Å²) < 4.78 is 0. The highest BCUT2D eigenvalue weighted by molar-refractivity contribution is 5.99. The number of aliphatic hydroxyl groups is 1. The van der Waals surface area contributed by atoms with Crippen LogP contribution in [-0.4, -0.2) is 33.3 Å². The molecule has 1 aliphatic heterocycles. The number of hydrogen-bond donors (Lipinski definition) is 3. The third-order valence-corrected chi connectivity index (χ3v) is 5.27. The van der Waals surface area contributed by atoms with Crippen molar-refractivity contribution < 1.29 is 15.0 Å². The molecule has 2 aromatic carbocycles. The molecule has 31 heavy (non-hydrogen) atoms. The molecule has 5 heteroatoms. The largest absolute Gasteiger partial charge is 0.481 e. The predicted molar refractivity (Wildman–Crippen MR) is 127 cm³/mol. The first-order valence-corrected chi connectivity index (χ1v) is 10.8. The van der Waals surface area contributed by atoms with E-state index in [-0.39, 0.29) is 6.42 Å². The van der Waals surface area contributed by atoms with Crippen LogP contribution < -0.4 is 5.32 Å². The molecule has 164 valence electrons. The number of carboxylic acid groups (broad SMARTS) is 1. The van der Waals surface area contributed by atoms with Gasteiger partial charge in [0, 0.05) is 23.3 Å². The van der Waals surface area contributed by atoms with E-state index in [0.717, 1.165) is 52.7 Å². The average molecular weight is 421 g/mol. The van der Waals surface area contributed by atoms with E-state index in [4.69, 9.17) is 5.11 Å². The van der Waals surface area contributed by atoms with Gasteiger partial charge in [-0.15, -0.1) is 0 Å². The molecule has 0 radical (unpaired) electrons. The molecule has 2 heterocycles. The maximum absolute atomic E-state index is 11.5. The maximum Gasteiger partial charge on any atom is 0.307 e. The summed E-state index contributed by atoms with van der Waals surface area (Å²) in [4.78, 5) is 16.2. The molecule has 0 bridgehead atoms. The molecule has 3 aromatic rings. The van der Waals surface area contributed by atoms with Crippen molar-refractivity contribution in [3.8, 4) is 11.1 Å². The zero-order valence-electron chi connectivity index (χ0n) is 19.0. The molecule has 0 unspecified atom stereocenters. The fourth-order valence-electron chi connectivity index (χ4n) is 4.03. The Balaban J connectivity index is 0.000000491. The molecule has 4 rings (SSSR count). The van der Waals surface area contributed by atoms with Crippen LogP contribution in [0.2, 0.25) is 0 Å². The number of para-hydroxylation sites is 1. The number of aryl methyl sites for hydroxylation is 2. The Morgan fingerprint density at radius 3 is 2.48 bits per heavy atom. The Morgan fingerprint density at radius 1 is 1.13 bits per heavy atom. The van der Waals surface area contributed by atoms with E-state index < -0.39 is 11.6 Å². The first-order valence-electron chi connectivity index (χ1n) is 10.8. The Kier molecular flexibility index (Phi) is 6.65. The van der Waals surface area contributed by atoms with Gasteiger partial charge in [0.15, 0.2) is 0 Å². The van der Waals surface area contributed by atoms with Crippen LogP contribution in [0.3, 0.4) is 0 Å². The SMILES string of the molecule is CC(C)(C)O.Cc1nc2ccccc2c(-c2ccc3c(c2C)NCCC3)c1CC(=O)O. The summed E-state index contributed by atoms with van der Waals surface area (Å²) in [6, 6.07) is 12.3. The summed E-state index contributed by atoms with van der Waals surface area (Å²) >= 11 is 0. The summed E-state index contributed by atoms with van der Waals surface area (Å²) in [5.74, 6) is -0.833. The monoisotopic (exact) mass is 420 g/mol. The number of nitrogens with zero attached hydrogens (tertiary/aromatic N) is 1. The standard InChI is InChI=1S/C22H22N2O2.C4H10O/c1-13-16(10-9-15-6-5-11-23-22(13)15)21-17-7-3-4-8-19(17)24-14(2)18(21)12-20(25)26;1-4(2,3)5/h3-4,7-10,23H,5-6,11-12H2,1-2H3,(H,25,26);5H,1-3H3. The lowest BCUT2D eigenvalue weighted by Gasteiger charge is -2.24. The number of aliphatic carboxylic acids is 1. The predicted octanol–water partition coefficient (Wildman–Crippen LogP) is 5.28. The molecule has 0 aliphatic carbocycles. The maximum atomic E-state index is 11.5. The number of hydrogen-bond acceptors (Lipinski definition) is 4.